The standard InChI is InChI=1S/C7H12O6/c8-2-3(9)5(11)7(1-13-7)6(12)4(2)10/h2-6,8-12H,1H2. The Morgan fingerprint density at radius 2 is 1.23 bits per heavy atom. The van der Waals surface area contributed by atoms with Gasteiger partial charge in [-0.1, -0.05) is 0 Å². The minimum Gasteiger partial charge on any atom is -0.387 e. The van der Waals surface area contributed by atoms with E-state index in [2.05, 4.69) is 0 Å². The fourth-order valence-electron chi connectivity index (χ4n) is 1.75. The van der Waals surface area contributed by atoms with E-state index in [0.29, 0.717) is 0 Å². The Morgan fingerprint density at radius 3 is 1.54 bits per heavy atom. The van der Waals surface area contributed by atoms with E-state index in [9.17, 15) is 25.5 Å². The highest BCUT2D eigenvalue weighted by molar-refractivity contribution is 5.15. The second kappa shape index (κ2) is 2.63. The summed E-state index contributed by atoms with van der Waals surface area (Å²) in [5.74, 6) is 0. The number of aliphatic hydroxyl groups excluding tert-OH is 5. The molecule has 4 atom stereocenters. The summed E-state index contributed by atoms with van der Waals surface area (Å²) in [4.78, 5) is 0. The van der Waals surface area contributed by atoms with Crippen LogP contribution in [0, 0.1) is 0 Å². The molecule has 76 valence electrons. The third-order valence-corrected chi connectivity index (χ3v) is 2.83. The van der Waals surface area contributed by atoms with E-state index in [0.717, 1.165) is 0 Å². The Labute approximate surface area is 74.0 Å². The lowest BCUT2D eigenvalue weighted by molar-refractivity contribution is -0.209. The Bertz CT molecular complexity index is 197. The summed E-state index contributed by atoms with van der Waals surface area (Å²) in [7, 11) is 0. The molecule has 2 fully saturated rings. The molecule has 1 heterocycles. The molecule has 0 radical (unpaired) electrons. The van der Waals surface area contributed by atoms with Crippen molar-refractivity contribution in [3.63, 3.8) is 0 Å². The van der Waals surface area contributed by atoms with Crippen LogP contribution in [-0.4, -0.2) is 68.3 Å². The van der Waals surface area contributed by atoms with E-state index in [1.54, 1.807) is 0 Å². The average Bonchev–Trinajstić information content (AvgIpc) is 2.91. The van der Waals surface area contributed by atoms with Crippen LogP contribution in [0.5, 0.6) is 0 Å². The molecule has 1 aliphatic carbocycles. The average molecular weight is 192 g/mol. The summed E-state index contributed by atoms with van der Waals surface area (Å²) >= 11 is 0. The van der Waals surface area contributed by atoms with Gasteiger partial charge in [0.1, 0.15) is 36.1 Å². The third kappa shape index (κ3) is 1.04. The van der Waals surface area contributed by atoms with Gasteiger partial charge in [-0.2, -0.15) is 0 Å². The van der Waals surface area contributed by atoms with E-state index < -0.39 is 36.1 Å². The summed E-state index contributed by atoms with van der Waals surface area (Å²) < 4.78 is 4.82. The van der Waals surface area contributed by atoms with Gasteiger partial charge < -0.3 is 30.3 Å². The van der Waals surface area contributed by atoms with Gasteiger partial charge in [-0.25, -0.2) is 0 Å². The maximum absolute atomic E-state index is 9.42. The second-order valence-corrected chi connectivity index (χ2v) is 3.61. The lowest BCUT2D eigenvalue weighted by Gasteiger charge is -2.40. The zero-order valence-corrected chi connectivity index (χ0v) is 6.74. The van der Waals surface area contributed by atoms with Crippen LogP contribution in [0.3, 0.4) is 0 Å². The van der Waals surface area contributed by atoms with Crippen molar-refractivity contribution in [2.45, 2.75) is 36.1 Å². The summed E-state index contributed by atoms with van der Waals surface area (Å²) in [5, 5.41) is 46.5. The highest BCUT2D eigenvalue weighted by atomic mass is 16.6. The van der Waals surface area contributed by atoms with Crippen molar-refractivity contribution in [2.24, 2.45) is 0 Å². The Kier molecular flexibility index (Phi) is 1.88. The Morgan fingerprint density at radius 1 is 0.846 bits per heavy atom. The van der Waals surface area contributed by atoms with Crippen molar-refractivity contribution >= 4 is 0 Å². The van der Waals surface area contributed by atoms with Crippen molar-refractivity contribution in [2.75, 3.05) is 6.61 Å². The van der Waals surface area contributed by atoms with Gasteiger partial charge in [0.05, 0.1) is 6.61 Å². The van der Waals surface area contributed by atoms with Crippen LogP contribution in [0.25, 0.3) is 0 Å². The molecule has 4 unspecified atom stereocenters. The number of ether oxygens (including phenoxy) is 1. The maximum atomic E-state index is 9.42. The molecule has 0 aromatic rings. The number of hydrogen-bond donors (Lipinski definition) is 5. The van der Waals surface area contributed by atoms with Gasteiger partial charge in [-0.15, -0.1) is 0 Å². The fraction of sp³-hybridized carbons (Fsp3) is 1.00. The zero-order valence-electron chi connectivity index (χ0n) is 6.74. The monoisotopic (exact) mass is 192 g/mol. The zero-order chi connectivity index (χ0) is 9.80. The van der Waals surface area contributed by atoms with Crippen LogP contribution in [-0.2, 0) is 4.74 Å². The molecule has 0 amide bonds. The third-order valence-electron chi connectivity index (χ3n) is 2.83. The molecular formula is C7H12O6. The number of aliphatic hydroxyl groups is 5. The predicted octanol–water partition coefficient (Wildman–Crippen LogP) is -3.43. The van der Waals surface area contributed by atoms with Crippen molar-refractivity contribution in [1.82, 2.24) is 0 Å². The smallest absolute Gasteiger partial charge is 0.148 e. The number of hydrogen-bond acceptors (Lipinski definition) is 6. The van der Waals surface area contributed by atoms with E-state index >= 15 is 0 Å². The first-order valence-electron chi connectivity index (χ1n) is 4.05. The Balaban J connectivity index is 2.24. The molecule has 0 aromatic heterocycles. The normalized spacial score (nSPS) is 61.2. The molecule has 13 heavy (non-hydrogen) atoms. The van der Waals surface area contributed by atoms with Crippen LogP contribution >= 0.6 is 0 Å². The van der Waals surface area contributed by atoms with Crippen molar-refractivity contribution in [3.8, 4) is 0 Å². The van der Waals surface area contributed by atoms with Crippen LogP contribution in [0.2, 0.25) is 0 Å². The van der Waals surface area contributed by atoms with Gasteiger partial charge in [-0.3, -0.25) is 0 Å². The largest absolute Gasteiger partial charge is 0.387 e. The maximum Gasteiger partial charge on any atom is 0.148 e. The molecule has 0 aromatic carbocycles. The fourth-order valence-corrected chi connectivity index (χ4v) is 1.75. The van der Waals surface area contributed by atoms with Crippen LogP contribution in [0.15, 0.2) is 0 Å². The molecule has 2 rings (SSSR count). The van der Waals surface area contributed by atoms with Crippen LogP contribution < -0.4 is 0 Å². The molecule has 1 saturated heterocycles. The molecule has 1 spiro atoms. The van der Waals surface area contributed by atoms with Crippen molar-refractivity contribution in [1.29, 1.82) is 0 Å². The summed E-state index contributed by atoms with van der Waals surface area (Å²) in [6, 6.07) is 0. The predicted molar refractivity (Wildman–Crippen MR) is 38.7 cm³/mol. The van der Waals surface area contributed by atoms with Crippen LogP contribution in [0.1, 0.15) is 0 Å². The quantitative estimate of drug-likeness (QED) is 0.255. The van der Waals surface area contributed by atoms with Gasteiger partial charge in [-0.05, 0) is 0 Å². The first-order chi connectivity index (χ1) is 6.00. The lowest BCUT2D eigenvalue weighted by Crippen LogP contribution is -2.65. The van der Waals surface area contributed by atoms with Crippen LogP contribution in [0.4, 0.5) is 0 Å². The topological polar surface area (TPSA) is 114 Å². The minimum atomic E-state index is -1.54. The minimum absolute atomic E-state index is 0.0795. The van der Waals surface area contributed by atoms with Gasteiger partial charge >= 0.3 is 0 Å². The van der Waals surface area contributed by atoms with Gasteiger partial charge in [0.15, 0.2) is 0 Å². The van der Waals surface area contributed by atoms with Gasteiger partial charge in [0, 0.05) is 0 Å². The molecule has 0 bridgehead atoms. The van der Waals surface area contributed by atoms with E-state index in [4.69, 9.17) is 4.74 Å². The highest BCUT2D eigenvalue weighted by Gasteiger charge is 2.66. The summed E-state index contributed by atoms with van der Waals surface area (Å²) in [6.07, 6.45) is -7.23. The van der Waals surface area contributed by atoms with Crippen molar-refractivity contribution in [3.05, 3.63) is 0 Å². The molecule has 2 aliphatic rings. The SMILES string of the molecule is OC1C(O)C(O)C2(CO2)C(O)C1O. The molecule has 1 saturated carbocycles. The summed E-state index contributed by atoms with van der Waals surface area (Å²) in [5.41, 5.74) is -1.28. The van der Waals surface area contributed by atoms with Gasteiger partial charge in [0.25, 0.3) is 0 Å². The molecule has 6 heteroatoms. The molecule has 5 N–H and O–H groups in total. The van der Waals surface area contributed by atoms with Crippen molar-refractivity contribution < 1.29 is 30.3 Å². The Hall–Kier alpha value is -0.240. The lowest BCUT2D eigenvalue weighted by atomic mass is 9.78. The molecule has 1 aliphatic heterocycles. The summed E-state index contributed by atoms with van der Waals surface area (Å²) in [6.45, 7) is 0.0795. The molecule has 6 nitrogen and oxygen atoms in total. The number of epoxide rings is 1. The van der Waals surface area contributed by atoms with E-state index in [1.165, 1.54) is 0 Å². The van der Waals surface area contributed by atoms with Gasteiger partial charge in [0.2, 0.25) is 0 Å². The first kappa shape index (κ1) is 9.32. The second-order valence-electron chi connectivity index (χ2n) is 3.61. The first-order valence-corrected chi connectivity index (χ1v) is 4.05. The van der Waals surface area contributed by atoms with E-state index in [1.807, 2.05) is 0 Å². The number of rotatable bonds is 0. The highest BCUT2D eigenvalue weighted by Crippen LogP contribution is 2.42. The molecular weight excluding hydrogens is 180 g/mol. The van der Waals surface area contributed by atoms with E-state index in [-0.39, 0.29) is 6.61 Å².